The third-order valence-electron chi connectivity index (χ3n) is 8.08. The molecule has 1 fully saturated rings. The average Bonchev–Trinajstić information content (AvgIpc) is 3.37. The zero-order valence-corrected chi connectivity index (χ0v) is 27.2. The van der Waals surface area contributed by atoms with Crippen molar-refractivity contribution in [3.05, 3.63) is 35.4 Å². The van der Waals surface area contributed by atoms with E-state index in [0.717, 1.165) is 24.8 Å². The molecule has 5 atom stereocenters. The van der Waals surface area contributed by atoms with Gasteiger partial charge < -0.3 is 25.6 Å². The van der Waals surface area contributed by atoms with Crippen molar-refractivity contribution in [3.63, 3.8) is 0 Å². The lowest BCUT2D eigenvalue weighted by atomic mass is 9.85. The summed E-state index contributed by atoms with van der Waals surface area (Å²) in [7, 11) is 1.45. The summed E-state index contributed by atoms with van der Waals surface area (Å²) >= 11 is 0. The van der Waals surface area contributed by atoms with E-state index in [1.807, 2.05) is 24.1 Å². The Bertz CT molecular complexity index is 1310. The summed E-state index contributed by atoms with van der Waals surface area (Å²) in [6.07, 6.45) is 7.39. The van der Waals surface area contributed by atoms with Gasteiger partial charge in [-0.1, -0.05) is 45.0 Å². The number of carbonyl (C=O) groups is 5. The molecule has 1 heterocycles. The number of nitrogens with zero attached hydrogens (tertiary/aromatic N) is 2. The van der Waals surface area contributed by atoms with Gasteiger partial charge in [0.2, 0.25) is 17.7 Å². The maximum absolute atomic E-state index is 14.2. The smallest absolute Gasteiger partial charge is 0.410 e. The molecule has 1 aromatic rings. The number of nitrogens with one attached hydrogen (secondary N) is 3. The van der Waals surface area contributed by atoms with Crippen molar-refractivity contribution in [3.8, 4) is 12.3 Å². The van der Waals surface area contributed by atoms with Gasteiger partial charge in [0.15, 0.2) is 0 Å². The molecule has 3 N–H and O–H groups in total. The lowest BCUT2D eigenvalue weighted by Crippen LogP contribution is -2.60. The van der Waals surface area contributed by atoms with Gasteiger partial charge in [-0.3, -0.25) is 24.1 Å². The van der Waals surface area contributed by atoms with Gasteiger partial charge in [-0.2, -0.15) is 0 Å². The van der Waals surface area contributed by atoms with Gasteiger partial charge in [-0.05, 0) is 75.8 Å². The topological polar surface area (TPSA) is 137 Å². The Labute approximate surface area is 260 Å². The second-order valence-electron chi connectivity index (χ2n) is 13.8. The van der Waals surface area contributed by atoms with Gasteiger partial charge in [0.05, 0.1) is 6.04 Å². The maximum Gasteiger partial charge on any atom is 0.410 e. The highest BCUT2D eigenvalue weighted by molar-refractivity contribution is 5.96. The molecule has 11 heteroatoms. The van der Waals surface area contributed by atoms with Crippen LogP contribution in [0.4, 0.5) is 4.79 Å². The Morgan fingerprint density at radius 3 is 2.34 bits per heavy atom. The zero-order chi connectivity index (χ0) is 33.0. The van der Waals surface area contributed by atoms with Crippen molar-refractivity contribution in [1.82, 2.24) is 25.8 Å². The summed E-state index contributed by atoms with van der Waals surface area (Å²) in [4.78, 5) is 68.7. The molecule has 0 spiro atoms. The maximum atomic E-state index is 14.2. The summed E-state index contributed by atoms with van der Waals surface area (Å²) in [5.74, 6) is 0.0237. The minimum Gasteiger partial charge on any atom is -0.444 e. The quantitative estimate of drug-likeness (QED) is 0.407. The van der Waals surface area contributed by atoms with E-state index < -0.39 is 59.0 Å². The molecule has 0 bridgehead atoms. The Kier molecular flexibility index (Phi) is 10.7. The Hall–Kier alpha value is -4.07. The van der Waals surface area contributed by atoms with Gasteiger partial charge in [-0.15, -0.1) is 6.42 Å². The number of ether oxygens (including phenoxy) is 1. The lowest BCUT2D eigenvalue weighted by molar-refractivity contribution is -0.144. The lowest BCUT2D eigenvalue weighted by Gasteiger charge is -2.37. The molecular formula is C33H47N5O6. The Balaban J connectivity index is 1.84. The standard InChI is InChI=1S/C33H47N5O6/c1-10-26(39)34-22-18-25(29(41)35-24-17-13-15-21-14-11-12-16-23(21)24)38(19-22)30(42)27(32(3,4)5)36-28(40)20(2)37(9)31(43)44-33(6,7)8/h1,11-12,14,16,20,22,24-25,27H,13,15,17-19H2,2-9H3,(H,34,39)(H,35,41)(H,36,40)/t20-,22-,24+,25-,27?/m0/s1. The van der Waals surface area contributed by atoms with Crippen LogP contribution < -0.4 is 16.0 Å². The van der Waals surface area contributed by atoms with E-state index in [1.165, 1.54) is 22.4 Å². The van der Waals surface area contributed by atoms with Crippen LogP contribution in [0.3, 0.4) is 0 Å². The number of rotatable bonds is 7. The van der Waals surface area contributed by atoms with Crippen LogP contribution in [-0.4, -0.2) is 82.9 Å². The molecule has 3 rings (SSSR count). The molecule has 1 aliphatic carbocycles. The largest absolute Gasteiger partial charge is 0.444 e. The second-order valence-corrected chi connectivity index (χ2v) is 13.8. The van der Waals surface area contributed by atoms with Gasteiger partial charge >= 0.3 is 6.09 Å². The molecule has 0 saturated carbocycles. The predicted octanol–water partition coefficient (Wildman–Crippen LogP) is 2.69. The third kappa shape index (κ3) is 8.52. The van der Waals surface area contributed by atoms with Crippen LogP contribution in [0.25, 0.3) is 0 Å². The van der Waals surface area contributed by atoms with Crippen molar-refractivity contribution >= 4 is 29.7 Å². The molecule has 5 amide bonds. The van der Waals surface area contributed by atoms with Crippen molar-refractivity contribution in [2.45, 2.75) is 110 Å². The van der Waals surface area contributed by atoms with Crippen LogP contribution in [0.1, 0.15) is 84.9 Å². The fourth-order valence-corrected chi connectivity index (χ4v) is 5.58. The summed E-state index contributed by atoms with van der Waals surface area (Å²) in [5.41, 5.74) is 0.731. The number of amides is 5. The van der Waals surface area contributed by atoms with Crippen LogP contribution in [0, 0.1) is 17.8 Å². The van der Waals surface area contributed by atoms with E-state index in [9.17, 15) is 24.0 Å². The number of benzene rings is 1. The van der Waals surface area contributed by atoms with Crippen LogP contribution in [0.2, 0.25) is 0 Å². The van der Waals surface area contributed by atoms with Crippen molar-refractivity contribution in [2.24, 2.45) is 5.41 Å². The fourth-order valence-electron chi connectivity index (χ4n) is 5.58. The molecule has 11 nitrogen and oxygen atoms in total. The molecule has 240 valence electrons. The fraction of sp³-hybridized carbons (Fsp3) is 0.606. The highest BCUT2D eigenvalue weighted by Crippen LogP contribution is 2.31. The highest BCUT2D eigenvalue weighted by atomic mass is 16.6. The number of aryl methyl sites for hydroxylation is 1. The van der Waals surface area contributed by atoms with Crippen LogP contribution in [0.15, 0.2) is 24.3 Å². The Morgan fingerprint density at radius 1 is 1.07 bits per heavy atom. The molecule has 1 saturated heterocycles. The van der Waals surface area contributed by atoms with E-state index in [-0.39, 0.29) is 24.9 Å². The molecular weight excluding hydrogens is 562 g/mol. The van der Waals surface area contributed by atoms with E-state index >= 15 is 0 Å². The average molecular weight is 610 g/mol. The predicted molar refractivity (Wildman–Crippen MR) is 166 cm³/mol. The number of carbonyl (C=O) groups excluding carboxylic acids is 5. The van der Waals surface area contributed by atoms with E-state index in [0.29, 0.717) is 0 Å². The summed E-state index contributed by atoms with van der Waals surface area (Å²) in [6, 6.07) is 4.34. The van der Waals surface area contributed by atoms with Crippen molar-refractivity contribution < 1.29 is 28.7 Å². The van der Waals surface area contributed by atoms with Gasteiger partial charge in [0, 0.05) is 19.6 Å². The van der Waals surface area contributed by atoms with Crippen LogP contribution >= 0.6 is 0 Å². The first-order chi connectivity index (χ1) is 20.4. The molecule has 0 aromatic heterocycles. The van der Waals surface area contributed by atoms with Gasteiger partial charge in [0.25, 0.3) is 5.91 Å². The van der Waals surface area contributed by atoms with Crippen molar-refractivity contribution in [1.29, 1.82) is 0 Å². The summed E-state index contributed by atoms with van der Waals surface area (Å²) in [6.45, 7) is 12.2. The molecule has 44 heavy (non-hydrogen) atoms. The molecule has 2 aliphatic rings. The minimum atomic E-state index is -1.04. The van der Waals surface area contributed by atoms with Gasteiger partial charge in [0.1, 0.15) is 23.7 Å². The highest BCUT2D eigenvalue weighted by Gasteiger charge is 2.46. The van der Waals surface area contributed by atoms with Crippen LogP contribution in [-0.2, 0) is 30.3 Å². The SMILES string of the molecule is C#CC(=O)N[C@H]1C[C@@H](C(=O)N[C@@H]2CCCc3ccccc32)N(C(=O)C(NC(=O)[C@H](C)N(C)C(=O)OC(C)(C)C)C(C)(C)C)C1. The van der Waals surface area contributed by atoms with E-state index in [4.69, 9.17) is 11.2 Å². The molecule has 1 aliphatic heterocycles. The monoisotopic (exact) mass is 609 g/mol. The minimum absolute atomic E-state index is 0.0431. The first-order valence-corrected chi connectivity index (χ1v) is 15.1. The number of likely N-dealkylation sites (N-methyl/N-ethyl adjacent to an activating group) is 1. The third-order valence-corrected chi connectivity index (χ3v) is 8.08. The van der Waals surface area contributed by atoms with Crippen molar-refractivity contribution in [2.75, 3.05) is 13.6 Å². The first-order valence-electron chi connectivity index (χ1n) is 15.1. The Morgan fingerprint density at radius 2 is 1.73 bits per heavy atom. The summed E-state index contributed by atoms with van der Waals surface area (Å²) in [5, 5.41) is 8.67. The number of terminal acetylenes is 1. The van der Waals surface area contributed by atoms with Gasteiger partial charge in [-0.25, -0.2) is 4.79 Å². The molecule has 1 aromatic carbocycles. The van der Waals surface area contributed by atoms with E-state index in [1.54, 1.807) is 48.5 Å². The summed E-state index contributed by atoms with van der Waals surface area (Å²) < 4.78 is 5.39. The molecule has 0 radical (unpaired) electrons. The number of fused-ring (bicyclic) bond motifs is 1. The normalized spacial score (nSPS) is 21.2. The second kappa shape index (κ2) is 13.7. The number of hydrogen-bond donors (Lipinski definition) is 3. The number of hydrogen-bond acceptors (Lipinski definition) is 6. The number of likely N-dealkylation sites (tertiary alicyclic amines) is 1. The molecule has 1 unspecified atom stereocenters. The van der Waals surface area contributed by atoms with Crippen LogP contribution in [0.5, 0.6) is 0 Å². The van der Waals surface area contributed by atoms with E-state index in [2.05, 4.69) is 22.0 Å². The zero-order valence-electron chi connectivity index (χ0n) is 27.2. The first kappa shape index (κ1) is 34.4.